The van der Waals surface area contributed by atoms with Gasteiger partial charge in [-0.3, -0.25) is 9.69 Å². The van der Waals surface area contributed by atoms with Crippen molar-refractivity contribution >= 4 is 28.9 Å². The van der Waals surface area contributed by atoms with Crippen LogP contribution >= 0.6 is 11.6 Å². The number of halogens is 1. The molecule has 19 heavy (non-hydrogen) atoms. The van der Waals surface area contributed by atoms with Gasteiger partial charge in [0.1, 0.15) is 0 Å². The van der Waals surface area contributed by atoms with Crippen LogP contribution in [0.4, 0.5) is 11.4 Å². The summed E-state index contributed by atoms with van der Waals surface area (Å²) in [6, 6.07) is 5.10. The number of carbonyl (C=O) groups is 1. The van der Waals surface area contributed by atoms with Crippen molar-refractivity contribution in [2.45, 2.75) is 19.9 Å². The molecular weight excluding hydrogens is 266 g/mol. The highest BCUT2D eigenvalue weighted by atomic mass is 35.5. The van der Waals surface area contributed by atoms with E-state index in [2.05, 4.69) is 5.32 Å². The topological polar surface area (TPSA) is 78.6 Å². The normalized spacial score (nSPS) is 11.1. The van der Waals surface area contributed by atoms with E-state index in [-0.39, 0.29) is 25.1 Å². The van der Waals surface area contributed by atoms with Crippen LogP contribution < -0.4 is 11.1 Å². The van der Waals surface area contributed by atoms with Crippen LogP contribution in [0, 0.1) is 0 Å². The molecule has 0 atom stereocenters. The molecule has 1 rings (SSSR count). The van der Waals surface area contributed by atoms with Gasteiger partial charge in [0.15, 0.2) is 0 Å². The summed E-state index contributed by atoms with van der Waals surface area (Å²) < 4.78 is 0. The number of rotatable bonds is 6. The van der Waals surface area contributed by atoms with Crippen molar-refractivity contribution in [3.05, 3.63) is 23.2 Å². The van der Waals surface area contributed by atoms with Gasteiger partial charge in [-0.15, -0.1) is 0 Å². The third-order valence-electron chi connectivity index (χ3n) is 2.73. The Labute approximate surface area is 118 Å². The minimum Gasteiger partial charge on any atom is -0.399 e. The third kappa shape index (κ3) is 5.06. The summed E-state index contributed by atoms with van der Waals surface area (Å²) in [5.74, 6) is -0.186. The zero-order valence-corrected chi connectivity index (χ0v) is 11.9. The molecule has 6 heteroatoms. The van der Waals surface area contributed by atoms with Gasteiger partial charge in [0.2, 0.25) is 5.91 Å². The number of benzene rings is 1. The number of nitrogens with zero attached hydrogens (tertiary/aromatic N) is 1. The average Bonchev–Trinajstić information content (AvgIpc) is 2.33. The van der Waals surface area contributed by atoms with Crippen LogP contribution in [0.1, 0.15) is 13.8 Å². The Balaban J connectivity index is 2.66. The minimum absolute atomic E-state index is 0.0184. The number of nitrogens with two attached hydrogens (primary N) is 1. The molecule has 0 heterocycles. The van der Waals surface area contributed by atoms with Gasteiger partial charge in [0.25, 0.3) is 0 Å². The largest absolute Gasteiger partial charge is 0.399 e. The van der Waals surface area contributed by atoms with Crippen molar-refractivity contribution in [2.24, 2.45) is 0 Å². The molecule has 106 valence electrons. The van der Waals surface area contributed by atoms with Gasteiger partial charge in [0.05, 0.1) is 23.9 Å². The van der Waals surface area contributed by atoms with Crippen molar-refractivity contribution in [1.29, 1.82) is 0 Å². The Morgan fingerprint density at radius 1 is 1.53 bits per heavy atom. The maximum atomic E-state index is 11.9. The highest BCUT2D eigenvalue weighted by Crippen LogP contribution is 2.23. The number of aliphatic hydroxyl groups excluding tert-OH is 1. The monoisotopic (exact) mass is 285 g/mol. The summed E-state index contributed by atoms with van der Waals surface area (Å²) in [6.45, 7) is 4.61. The molecular formula is C13H20ClN3O2. The van der Waals surface area contributed by atoms with Crippen LogP contribution in [0.25, 0.3) is 0 Å². The first-order chi connectivity index (χ1) is 8.93. The number of carbonyl (C=O) groups excluding carboxylic acids is 1. The van der Waals surface area contributed by atoms with Crippen molar-refractivity contribution < 1.29 is 9.90 Å². The summed E-state index contributed by atoms with van der Waals surface area (Å²) in [7, 11) is 0. The van der Waals surface area contributed by atoms with Gasteiger partial charge < -0.3 is 16.2 Å². The van der Waals surface area contributed by atoms with E-state index in [4.69, 9.17) is 22.4 Å². The first-order valence-corrected chi connectivity index (χ1v) is 6.51. The molecule has 0 radical (unpaired) electrons. The van der Waals surface area contributed by atoms with E-state index in [0.717, 1.165) is 0 Å². The number of nitrogens with one attached hydrogen (secondary N) is 1. The van der Waals surface area contributed by atoms with Crippen LogP contribution in [-0.4, -0.2) is 41.7 Å². The van der Waals surface area contributed by atoms with Crippen LogP contribution in [0.15, 0.2) is 18.2 Å². The first-order valence-electron chi connectivity index (χ1n) is 6.13. The molecule has 0 aliphatic rings. The molecule has 0 aromatic heterocycles. The lowest BCUT2D eigenvalue weighted by Gasteiger charge is -2.24. The summed E-state index contributed by atoms with van der Waals surface area (Å²) in [6.07, 6.45) is 0. The van der Waals surface area contributed by atoms with Crippen molar-refractivity contribution in [2.75, 3.05) is 30.7 Å². The van der Waals surface area contributed by atoms with Crippen molar-refractivity contribution in [1.82, 2.24) is 4.90 Å². The van der Waals surface area contributed by atoms with Crippen LogP contribution in [-0.2, 0) is 4.79 Å². The van der Waals surface area contributed by atoms with E-state index in [1.54, 1.807) is 18.2 Å². The number of hydrogen-bond acceptors (Lipinski definition) is 4. The lowest BCUT2D eigenvalue weighted by atomic mass is 10.2. The smallest absolute Gasteiger partial charge is 0.238 e. The number of aliphatic hydroxyl groups is 1. The molecule has 4 N–H and O–H groups in total. The van der Waals surface area contributed by atoms with E-state index < -0.39 is 0 Å². The second-order valence-electron chi connectivity index (χ2n) is 4.58. The number of nitrogen functional groups attached to an aromatic ring is 1. The van der Waals surface area contributed by atoms with Gasteiger partial charge in [-0.1, -0.05) is 11.6 Å². The lowest BCUT2D eigenvalue weighted by Crippen LogP contribution is -2.39. The third-order valence-corrected chi connectivity index (χ3v) is 3.06. The number of hydrogen-bond donors (Lipinski definition) is 3. The van der Waals surface area contributed by atoms with E-state index in [1.807, 2.05) is 18.7 Å². The Morgan fingerprint density at radius 3 is 2.79 bits per heavy atom. The van der Waals surface area contributed by atoms with E-state index >= 15 is 0 Å². The summed E-state index contributed by atoms with van der Waals surface area (Å²) in [5.41, 5.74) is 6.68. The molecule has 1 aromatic rings. The maximum Gasteiger partial charge on any atom is 0.238 e. The number of anilines is 2. The highest BCUT2D eigenvalue weighted by Gasteiger charge is 2.14. The molecule has 0 aliphatic heterocycles. The van der Waals surface area contributed by atoms with Gasteiger partial charge in [-0.05, 0) is 32.0 Å². The Bertz CT molecular complexity index is 438. The highest BCUT2D eigenvalue weighted by molar-refractivity contribution is 6.33. The SMILES string of the molecule is CC(C)N(CCO)CC(=O)Nc1cc(N)ccc1Cl. The molecule has 0 spiro atoms. The zero-order valence-electron chi connectivity index (χ0n) is 11.2. The minimum atomic E-state index is -0.186. The second-order valence-corrected chi connectivity index (χ2v) is 4.98. The van der Waals surface area contributed by atoms with E-state index in [9.17, 15) is 4.79 Å². The quantitative estimate of drug-likeness (QED) is 0.693. The summed E-state index contributed by atoms with van der Waals surface area (Å²) in [5, 5.41) is 12.1. The average molecular weight is 286 g/mol. The maximum absolute atomic E-state index is 11.9. The van der Waals surface area contributed by atoms with Gasteiger partial charge >= 0.3 is 0 Å². The van der Waals surface area contributed by atoms with Crippen molar-refractivity contribution in [3.8, 4) is 0 Å². The van der Waals surface area contributed by atoms with E-state index in [1.165, 1.54) is 0 Å². The Hall–Kier alpha value is -1.30. The van der Waals surface area contributed by atoms with Crippen LogP contribution in [0.2, 0.25) is 5.02 Å². The predicted molar refractivity (Wildman–Crippen MR) is 78.3 cm³/mol. The molecule has 0 unspecified atom stereocenters. The van der Waals surface area contributed by atoms with E-state index in [0.29, 0.717) is 22.9 Å². The van der Waals surface area contributed by atoms with Crippen LogP contribution in [0.5, 0.6) is 0 Å². The lowest BCUT2D eigenvalue weighted by molar-refractivity contribution is -0.117. The molecule has 0 bridgehead atoms. The van der Waals surface area contributed by atoms with Crippen LogP contribution in [0.3, 0.4) is 0 Å². The molecule has 1 aromatic carbocycles. The zero-order chi connectivity index (χ0) is 14.4. The molecule has 1 amide bonds. The van der Waals surface area contributed by atoms with Crippen molar-refractivity contribution in [3.63, 3.8) is 0 Å². The molecule has 0 saturated carbocycles. The fourth-order valence-corrected chi connectivity index (χ4v) is 1.83. The predicted octanol–water partition coefficient (Wildman–Crippen LogP) is 1.56. The fraction of sp³-hybridized carbons (Fsp3) is 0.462. The standard InChI is InChI=1S/C13H20ClN3O2/c1-9(2)17(5-6-18)8-13(19)16-12-7-10(15)3-4-11(12)14/h3-4,7,9,18H,5-6,8,15H2,1-2H3,(H,16,19). The number of amides is 1. The Kier molecular flexibility index (Phi) is 6.08. The van der Waals surface area contributed by atoms with Gasteiger partial charge in [-0.2, -0.15) is 0 Å². The first kappa shape index (κ1) is 15.8. The molecule has 0 aliphatic carbocycles. The molecule has 5 nitrogen and oxygen atoms in total. The summed E-state index contributed by atoms with van der Waals surface area (Å²) >= 11 is 5.98. The molecule has 0 saturated heterocycles. The second kappa shape index (κ2) is 7.33. The summed E-state index contributed by atoms with van der Waals surface area (Å²) in [4.78, 5) is 13.8. The van der Waals surface area contributed by atoms with Gasteiger partial charge in [0, 0.05) is 18.3 Å². The fourth-order valence-electron chi connectivity index (χ4n) is 1.66. The Morgan fingerprint density at radius 2 is 2.21 bits per heavy atom. The van der Waals surface area contributed by atoms with Gasteiger partial charge in [-0.25, -0.2) is 0 Å². The molecule has 0 fully saturated rings.